The number of esters is 1. The van der Waals surface area contributed by atoms with E-state index in [-0.39, 0.29) is 37.5 Å². The van der Waals surface area contributed by atoms with Gasteiger partial charge in [0.15, 0.2) is 0 Å². The second-order valence-electron chi connectivity index (χ2n) is 5.58. The van der Waals surface area contributed by atoms with Crippen LogP contribution in [0.1, 0.15) is 19.8 Å². The molecule has 1 rings (SSSR count). The van der Waals surface area contributed by atoms with Crippen LogP contribution in [0.2, 0.25) is 0 Å². The second-order valence-corrected chi connectivity index (χ2v) is 5.58. The largest absolute Gasteiger partial charge is 0.463 e. The van der Waals surface area contributed by atoms with E-state index in [1.165, 1.54) is 12.2 Å². The number of hydrogen-bond donors (Lipinski definition) is 0. The van der Waals surface area contributed by atoms with Crippen molar-refractivity contribution in [3.8, 4) is 0 Å². The minimum Gasteiger partial charge on any atom is -0.463 e. The Bertz CT molecular complexity index is 462. The summed E-state index contributed by atoms with van der Waals surface area (Å²) in [6.07, 6.45) is 3.71. The van der Waals surface area contributed by atoms with E-state index in [1.54, 1.807) is 0 Å². The minimum absolute atomic E-state index is 0.200. The van der Waals surface area contributed by atoms with E-state index < -0.39 is 0 Å². The summed E-state index contributed by atoms with van der Waals surface area (Å²) < 4.78 is 26.2. The maximum atomic E-state index is 11.3. The molecule has 27 heavy (non-hydrogen) atoms. The molecule has 9 nitrogen and oxygen atoms in total. The molecule has 0 saturated heterocycles. The van der Waals surface area contributed by atoms with Crippen molar-refractivity contribution in [2.75, 3.05) is 66.0 Å². The summed E-state index contributed by atoms with van der Waals surface area (Å²) in [5.74, 6) is -0.814. The van der Waals surface area contributed by atoms with Gasteiger partial charge >= 0.3 is 5.97 Å². The van der Waals surface area contributed by atoms with E-state index in [2.05, 4.69) is 0 Å². The molecular weight excluding hydrogens is 358 g/mol. The van der Waals surface area contributed by atoms with E-state index in [9.17, 15) is 14.4 Å². The standard InChI is InChI=1S/C18H29NO8/c1-2-3-18(22)27-15-14-26-13-12-25-11-10-24-9-8-23-7-6-19-16(20)4-5-17(19)21/h4-5H,2-3,6-15H2,1H3. The fourth-order valence-electron chi connectivity index (χ4n) is 2.06. The molecule has 1 aliphatic heterocycles. The number of hydrogen-bond acceptors (Lipinski definition) is 8. The average Bonchev–Trinajstić information content (AvgIpc) is 2.97. The zero-order valence-electron chi connectivity index (χ0n) is 15.9. The van der Waals surface area contributed by atoms with Crippen LogP contribution in [0.25, 0.3) is 0 Å². The van der Waals surface area contributed by atoms with Gasteiger partial charge in [-0.2, -0.15) is 0 Å². The van der Waals surface area contributed by atoms with Crippen LogP contribution in [0.4, 0.5) is 0 Å². The SMILES string of the molecule is CCCC(=O)OCCOCCOCCOCCOCCN1C(=O)C=CC1=O. The van der Waals surface area contributed by atoms with E-state index in [0.29, 0.717) is 52.7 Å². The van der Waals surface area contributed by atoms with Gasteiger partial charge in [0.05, 0.1) is 59.4 Å². The predicted octanol–water partition coefficient (Wildman–Crippen LogP) is 0.321. The summed E-state index contributed by atoms with van der Waals surface area (Å²) in [6.45, 7) is 5.60. The highest BCUT2D eigenvalue weighted by molar-refractivity contribution is 6.12. The minimum atomic E-state index is -0.307. The molecule has 1 aliphatic rings. The van der Waals surface area contributed by atoms with Crippen LogP contribution >= 0.6 is 0 Å². The van der Waals surface area contributed by atoms with Crippen LogP contribution in [-0.4, -0.2) is 88.7 Å². The van der Waals surface area contributed by atoms with Crippen molar-refractivity contribution in [2.24, 2.45) is 0 Å². The number of rotatable bonds is 17. The number of carbonyl (C=O) groups excluding carboxylic acids is 3. The van der Waals surface area contributed by atoms with Crippen molar-refractivity contribution >= 4 is 17.8 Å². The molecule has 0 saturated carbocycles. The molecule has 0 N–H and O–H groups in total. The number of imide groups is 1. The molecule has 0 aromatic carbocycles. The first kappa shape index (κ1) is 23.2. The molecule has 0 aromatic heterocycles. The zero-order chi connectivity index (χ0) is 19.7. The zero-order valence-corrected chi connectivity index (χ0v) is 15.9. The molecule has 0 atom stereocenters. The van der Waals surface area contributed by atoms with Gasteiger partial charge in [-0.3, -0.25) is 19.3 Å². The summed E-state index contributed by atoms with van der Waals surface area (Å²) in [7, 11) is 0. The van der Waals surface area contributed by atoms with E-state index in [1.807, 2.05) is 6.92 Å². The van der Waals surface area contributed by atoms with Crippen molar-refractivity contribution in [3.63, 3.8) is 0 Å². The van der Waals surface area contributed by atoms with E-state index in [0.717, 1.165) is 11.3 Å². The Labute approximate surface area is 159 Å². The lowest BCUT2D eigenvalue weighted by molar-refractivity contribution is -0.145. The number of amides is 2. The number of carbonyl (C=O) groups is 3. The highest BCUT2D eigenvalue weighted by Crippen LogP contribution is 2.02. The van der Waals surface area contributed by atoms with Crippen molar-refractivity contribution in [1.29, 1.82) is 0 Å². The van der Waals surface area contributed by atoms with Crippen LogP contribution in [0, 0.1) is 0 Å². The van der Waals surface area contributed by atoms with Crippen LogP contribution < -0.4 is 0 Å². The maximum Gasteiger partial charge on any atom is 0.305 e. The second kappa shape index (κ2) is 15.3. The maximum absolute atomic E-state index is 11.3. The van der Waals surface area contributed by atoms with Gasteiger partial charge in [0.2, 0.25) is 0 Å². The monoisotopic (exact) mass is 387 g/mol. The lowest BCUT2D eigenvalue weighted by Crippen LogP contribution is -2.33. The van der Waals surface area contributed by atoms with Crippen LogP contribution in [0.5, 0.6) is 0 Å². The van der Waals surface area contributed by atoms with E-state index in [4.69, 9.17) is 23.7 Å². The summed E-state index contributed by atoms with van der Waals surface area (Å²) in [5, 5.41) is 0. The summed E-state index contributed by atoms with van der Waals surface area (Å²) in [6, 6.07) is 0. The molecule has 0 radical (unpaired) electrons. The van der Waals surface area contributed by atoms with Crippen LogP contribution in [0.3, 0.4) is 0 Å². The van der Waals surface area contributed by atoms with Crippen LogP contribution in [0.15, 0.2) is 12.2 Å². The number of nitrogens with zero attached hydrogens (tertiary/aromatic N) is 1. The normalized spacial score (nSPS) is 13.6. The smallest absolute Gasteiger partial charge is 0.305 e. The predicted molar refractivity (Wildman–Crippen MR) is 95.0 cm³/mol. The fourth-order valence-corrected chi connectivity index (χ4v) is 2.06. The van der Waals surface area contributed by atoms with E-state index >= 15 is 0 Å². The first-order valence-corrected chi connectivity index (χ1v) is 9.15. The van der Waals surface area contributed by atoms with Gasteiger partial charge in [0.1, 0.15) is 6.61 Å². The molecular formula is C18H29NO8. The molecule has 0 aliphatic carbocycles. The van der Waals surface area contributed by atoms with Gasteiger partial charge in [-0.1, -0.05) is 6.92 Å². The Morgan fingerprint density at radius 2 is 1.22 bits per heavy atom. The summed E-state index contributed by atoms with van der Waals surface area (Å²) in [5.41, 5.74) is 0. The van der Waals surface area contributed by atoms with Crippen LogP contribution in [-0.2, 0) is 38.1 Å². The average molecular weight is 387 g/mol. The van der Waals surface area contributed by atoms with Gasteiger partial charge in [0.25, 0.3) is 11.8 Å². The third-order valence-corrected chi connectivity index (χ3v) is 3.42. The van der Waals surface area contributed by atoms with Gasteiger partial charge in [-0.05, 0) is 6.42 Å². The van der Waals surface area contributed by atoms with Gasteiger partial charge < -0.3 is 23.7 Å². The molecule has 9 heteroatoms. The Hall–Kier alpha value is -1.81. The lowest BCUT2D eigenvalue weighted by Gasteiger charge is -2.13. The van der Waals surface area contributed by atoms with Gasteiger partial charge in [-0.25, -0.2) is 0 Å². The molecule has 0 bridgehead atoms. The molecule has 0 unspecified atom stereocenters. The third kappa shape index (κ3) is 11.5. The van der Waals surface area contributed by atoms with Gasteiger partial charge in [-0.15, -0.1) is 0 Å². The first-order chi connectivity index (χ1) is 13.1. The summed E-state index contributed by atoms with van der Waals surface area (Å²) in [4.78, 5) is 34.8. The fraction of sp³-hybridized carbons (Fsp3) is 0.722. The van der Waals surface area contributed by atoms with Gasteiger partial charge in [0, 0.05) is 18.6 Å². The molecule has 0 aromatic rings. The number of ether oxygens (including phenoxy) is 5. The van der Waals surface area contributed by atoms with Crippen molar-refractivity contribution < 1.29 is 38.1 Å². The van der Waals surface area contributed by atoms with Crippen molar-refractivity contribution in [3.05, 3.63) is 12.2 Å². The topological polar surface area (TPSA) is 101 Å². The molecule has 0 fully saturated rings. The Kier molecular flexibility index (Phi) is 13.1. The molecule has 0 spiro atoms. The third-order valence-electron chi connectivity index (χ3n) is 3.42. The highest BCUT2D eigenvalue weighted by atomic mass is 16.6. The first-order valence-electron chi connectivity index (χ1n) is 9.15. The molecule has 1 heterocycles. The Morgan fingerprint density at radius 1 is 0.778 bits per heavy atom. The van der Waals surface area contributed by atoms with Crippen molar-refractivity contribution in [2.45, 2.75) is 19.8 Å². The Morgan fingerprint density at radius 3 is 1.70 bits per heavy atom. The Balaban J connectivity index is 1.75. The lowest BCUT2D eigenvalue weighted by atomic mass is 10.3. The van der Waals surface area contributed by atoms with Crippen molar-refractivity contribution in [1.82, 2.24) is 4.90 Å². The molecule has 2 amide bonds. The highest BCUT2D eigenvalue weighted by Gasteiger charge is 2.22. The molecule has 154 valence electrons. The summed E-state index contributed by atoms with van der Waals surface area (Å²) >= 11 is 0. The quantitative estimate of drug-likeness (QED) is 0.200.